The summed E-state index contributed by atoms with van der Waals surface area (Å²) in [6.07, 6.45) is 0.641. The second kappa shape index (κ2) is 8.76. The molecule has 8 heteroatoms. The molecular weight excluding hydrogens is 438 g/mol. The van der Waals surface area contributed by atoms with Gasteiger partial charge in [0.05, 0.1) is 43.2 Å². The Balaban J connectivity index is 1.56. The zero-order chi connectivity index (χ0) is 23.8. The highest BCUT2D eigenvalue weighted by Gasteiger charge is 2.47. The Labute approximate surface area is 197 Å². The number of fused-ring (bicyclic) bond motifs is 2. The normalized spacial score (nSPS) is 14.8. The first-order valence-corrected chi connectivity index (χ1v) is 11.8. The van der Waals surface area contributed by atoms with Gasteiger partial charge < -0.3 is 14.3 Å². The van der Waals surface area contributed by atoms with E-state index in [9.17, 15) is 14.7 Å². The zero-order valence-corrected chi connectivity index (χ0v) is 20.3. The SMILES string of the molecule is CN(C(=O)C1(CC(=O)O)Cc2ccccc2C1)c1nc2ccc(OCC[N+](C)(C)C)cc2s1. The van der Waals surface area contributed by atoms with Crippen LogP contribution in [-0.4, -0.2) is 67.8 Å². The average Bonchev–Trinajstić information content (AvgIpc) is 3.32. The summed E-state index contributed by atoms with van der Waals surface area (Å²) in [5.41, 5.74) is 1.87. The third-order valence-electron chi connectivity index (χ3n) is 6.09. The van der Waals surface area contributed by atoms with Gasteiger partial charge in [-0.2, -0.15) is 0 Å². The summed E-state index contributed by atoms with van der Waals surface area (Å²) in [6, 6.07) is 13.5. The maximum atomic E-state index is 13.7. The van der Waals surface area contributed by atoms with E-state index < -0.39 is 11.4 Å². The quantitative estimate of drug-likeness (QED) is 0.511. The van der Waals surface area contributed by atoms with Crippen molar-refractivity contribution in [3.05, 3.63) is 53.6 Å². The number of carboxylic acids is 1. The van der Waals surface area contributed by atoms with E-state index in [1.807, 2.05) is 42.5 Å². The van der Waals surface area contributed by atoms with E-state index in [1.165, 1.54) is 16.2 Å². The van der Waals surface area contributed by atoms with Crippen molar-refractivity contribution in [2.24, 2.45) is 5.41 Å². The summed E-state index contributed by atoms with van der Waals surface area (Å²) in [4.78, 5) is 31.5. The summed E-state index contributed by atoms with van der Waals surface area (Å²) in [5.74, 6) is -0.405. The van der Waals surface area contributed by atoms with Gasteiger partial charge in [-0.05, 0) is 42.2 Å². The molecule has 1 aromatic heterocycles. The van der Waals surface area contributed by atoms with Crippen LogP contribution in [0.4, 0.5) is 5.13 Å². The number of hydrogen-bond donors (Lipinski definition) is 1. The molecule has 0 fully saturated rings. The second-order valence-corrected chi connectivity index (χ2v) is 10.8. The van der Waals surface area contributed by atoms with Gasteiger partial charge in [-0.3, -0.25) is 14.5 Å². The summed E-state index contributed by atoms with van der Waals surface area (Å²) >= 11 is 1.41. The van der Waals surface area contributed by atoms with Gasteiger partial charge >= 0.3 is 5.97 Å². The molecule has 1 aliphatic carbocycles. The number of quaternary nitrogens is 1. The van der Waals surface area contributed by atoms with E-state index in [0.29, 0.717) is 24.6 Å². The molecule has 0 radical (unpaired) electrons. The van der Waals surface area contributed by atoms with Gasteiger partial charge in [-0.1, -0.05) is 35.6 Å². The van der Waals surface area contributed by atoms with Gasteiger partial charge in [0.25, 0.3) is 0 Å². The first kappa shape index (κ1) is 23.2. The molecule has 0 saturated heterocycles. The van der Waals surface area contributed by atoms with Gasteiger partial charge in [-0.15, -0.1) is 0 Å². The Morgan fingerprint density at radius 3 is 2.42 bits per heavy atom. The molecule has 0 atom stereocenters. The Kier molecular flexibility index (Phi) is 6.16. The standard InChI is InChI=1S/C25H29N3O4S/c1-27(23(31)25(16-22(29)30)14-17-7-5-6-8-18(17)15-25)24-26-20-10-9-19(13-21(20)33-24)32-12-11-28(2,3)4/h5-10,13H,11-12,14-16H2,1-4H3/p+1. The molecule has 2 aromatic carbocycles. The lowest BCUT2D eigenvalue weighted by atomic mass is 9.80. The zero-order valence-electron chi connectivity index (χ0n) is 19.5. The number of carbonyl (C=O) groups is 2. The number of aliphatic carboxylic acids is 1. The van der Waals surface area contributed by atoms with Crippen molar-refractivity contribution in [2.75, 3.05) is 46.2 Å². The van der Waals surface area contributed by atoms with Crippen LogP contribution in [0.1, 0.15) is 17.5 Å². The maximum Gasteiger partial charge on any atom is 0.304 e. The van der Waals surface area contributed by atoms with E-state index in [1.54, 1.807) is 7.05 Å². The third-order valence-corrected chi connectivity index (χ3v) is 7.18. The van der Waals surface area contributed by atoms with Crippen LogP contribution in [0.3, 0.4) is 0 Å². The number of anilines is 1. The first-order chi connectivity index (χ1) is 15.6. The van der Waals surface area contributed by atoms with Gasteiger partial charge in [-0.25, -0.2) is 4.98 Å². The highest BCUT2D eigenvalue weighted by molar-refractivity contribution is 7.22. The highest BCUT2D eigenvalue weighted by atomic mass is 32.1. The van der Waals surface area contributed by atoms with Crippen molar-refractivity contribution < 1.29 is 23.9 Å². The Morgan fingerprint density at radius 1 is 1.15 bits per heavy atom. The molecule has 0 spiro atoms. The molecule has 1 aliphatic rings. The fourth-order valence-electron chi connectivity index (χ4n) is 4.34. The van der Waals surface area contributed by atoms with Crippen LogP contribution >= 0.6 is 11.3 Å². The van der Waals surface area contributed by atoms with Crippen LogP contribution in [0.15, 0.2) is 42.5 Å². The number of carboxylic acid groups (broad SMARTS) is 1. The van der Waals surface area contributed by atoms with Crippen molar-refractivity contribution in [3.8, 4) is 5.75 Å². The molecule has 0 bridgehead atoms. The van der Waals surface area contributed by atoms with Crippen molar-refractivity contribution >= 4 is 38.6 Å². The summed E-state index contributed by atoms with van der Waals surface area (Å²) in [6.45, 7) is 1.49. The van der Waals surface area contributed by atoms with Crippen LogP contribution in [0, 0.1) is 5.41 Å². The summed E-state index contributed by atoms with van der Waals surface area (Å²) < 4.78 is 7.65. The molecule has 33 heavy (non-hydrogen) atoms. The number of benzene rings is 2. The number of ether oxygens (including phenoxy) is 1. The molecule has 0 saturated carbocycles. The molecule has 174 valence electrons. The predicted octanol–water partition coefficient (Wildman–Crippen LogP) is 3.60. The minimum absolute atomic E-state index is 0.208. The Bertz CT molecular complexity index is 1170. The minimum Gasteiger partial charge on any atom is -0.488 e. The fourth-order valence-corrected chi connectivity index (χ4v) is 5.30. The van der Waals surface area contributed by atoms with E-state index in [2.05, 4.69) is 26.1 Å². The largest absolute Gasteiger partial charge is 0.488 e. The van der Waals surface area contributed by atoms with Crippen LogP contribution in [0.5, 0.6) is 5.75 Å². The monoisotopic (exact) mass is 468 g/mol. The van der Waals surface area contributed by atoms with E-state index in [0.717, 1.165) is 38.1 Å². The summed E-state index contributed by atoms with van der Waals surface area (Å²) in [5, 5.41) is 10.1. The van der Waals surface area contributed by atoms with Crippen molar-refractivity contribution in [3.63, 3.8) is 0 Å². The Morgan fingerprint density at radius 2 is 1.82 bits per heavy atom. The number of likely N-dealkylation sites (N-methyl/N-ethyl adjacent to an activating group) is 1. The van der Waals surface area contributed by atoms with Crippen LogP contribution < -0.4 is 9.64 Å². The molecule has 4 rings (SSSR count). The smallest absolute Gasteiger partial charge is 0.304 e. The molecule has 3 aromatic rings. The number of nitrogens with zero attached hydrogens (tertiary/aromatic N) is 3. The molecule has 1 heterocycles. The number of carbonyl (C=O) groups excluding carboxylic acids is 1. The molecule has 0 unspecified atom stereocenters. The third kappa shape index (κ3) is 5.02. The lowest BCUT2D eigenvalue weighted by molar-refractivity contribution is -0.870. The number of rotatable bonds is 8. The molecule has 1 N–H and O–H groups in total. The number of aromatic nitrogens is 1. The highest BCUT2D eigenvalue weighted by Crippen LogP contribution is 2.42. The van der Waals surface area contributed by atoms with Crippen molar-refractivity contribution in [1.82, 2.24) is 4.98 Å². The molecule has 7 nitrogen and oxygen atoms in total. The van der Waals surface area contributed by atoms with Crippen molar-refractivity contribution in [1.29, 1.82) is 0 Å². The van der Waals surface area contributed by atoms with Gasteiger partial charge in [0.15, 0.2) is 5.13 Å². The minimum atomic E-state index is -0.998. The van der Waals surface area contributed by atoms with Crippen LogP contribution in [0.25, 0.3) is 10.2 Å². The average molecular weight is 469 g/mol. The van der Waals surface area contributed by atoms with E-state index in [4.69, 9.17) is 4.74 Å². The molecule has 1 amide bonds. The number of hydrogen-bond acceptors (Lipinski definition) is 5. The van der Waals surface area contributed by atoms with Gasteiger partial charge in [0.2, 0.25) is 5.91 Å². The second-order valence-electron chi connectivity index (χ2n) is 9.83. The van der Waals surface area contributed by atoms with Gasteiger partial charge in [0.1, 0.15) is 18.9 Å². The predicted molar refractivity (Wildman–Crippen MR) is 130 cm³/mol. The Hall–Kier alpha value is -2.97. The van der Waals surface area contributed by atoms with E-state index >= 15 is 0 Å². The first-order valence-electron chi connectivity index (χ1n) is 11.0. The summed E-state index contributed by atoms with van der Waals surface area (Å²) in [7, 11) is 8.05. The lowest BCUT2D eigenvalue weighted by Gasteiger charge is -2.30. The van der Waals surface area contributed by atoms with Crippen LogP contribution in [0.2, 0.25) is 0 Å². The fraction of sp³-hybridized carbons (Fsp3) is 0.400. The van der Waals surface area contributed by atoms with Gasteiger partial charge in [0, 0.05) is 7.05 Å². The molecular formula is C25H30N3O4S+. The lowest BCUT2D eigenvalue weighted by Crippen LogP contribution is -2.44. The van der Waals surface area contributed by atoms with E-state index in [-0.39, 0.29) is 12.3 Å². The van der Waals surface area contributed by atoms with Crippen LogP contribution in [-0.2, 0) is 22.4 Å². The topological polar surface area (TPSA) is 79.7 Å². The number of thiazole rings is 1. The number of amides is 1. The maximum absolute atomic E-state index is 13.7. The molecule has 0 aliphatic heterocycles. The van der Waals surface area contributed by atoms with Crippen molar-refractivity contribution in [2.45, 2.75) is 19.3 Å².